The quantitative estimate of drug-likeness (QED) is 0.530. The van der Waals surface area contributed by atoms with E-state index in [1.807, 2.05) is 49.4 Å². The number of hydrogen-bond acceptors (Lipinski definition) is 4. The first-order valence-electron chi connectivity index (χ1n) is 7.44. The van der Waals surface area contributed by atoms with E-state index in [1.54, 1.807) is 6.07 Å². The number of rotatable bonds is 7. The fourth-order valence-electron chi connectivity index (χ4n) is 1.94. The number of anilines is 1. The molecule has 0 saturated carbocycles. The van der Waals surface area contributed by atoms with Gasteiger partial charge in [-0.2, -0.15) is 0 Å². The molecule has 1 N–H and O–H groups in total. The van der Waals surface area contributed by atoms with E-state index in [4.69, 9.17) is 9.47 Å². The van der Waals surface area contributed by atoms with Crippen LogP contribution in [0.2, 0.25) is 0 Å². The molecule has 0 spiro atoms. The molecule has 2 rings (SSSR count). The Balaban J connectivity index is 1.67. The number of halogens is 1. The van der Waals surface area contributed by atoms with Gasteiger partial charge in [-0.15, -0.1) is 0 Å². The fourth-order valence-corrected chi connectivity index (χ4v) is 2.49. The van der Waals surface area contributed by atoms with Gasteiger partial charge >= 0.3 is 5.97 Å². The Hall–Kier alpha value is -2.09. The Morgan fingerprint density at radius 3 is 2.67 bits per heavy atom. The highest BCUT2D eigenvalue weighted by Gasteiger charge is 2.09. The third-order valence-electron chi connectivity index (χ3n) is 3.13. The summed E-state index contributed by atoms with van der Waals surface area (Å²) in [5, 5.41) is 2.68. The smallest absolute Gasteiger partial charge is 0.309 e. The first-order chi connectivity index (χ1) is 11.5. The highest BCUT2D eigenvalue weighted by molar-refractivity contribution is 14.1. The molecule has 2 aromatic rings. The summed E-state index contributed by atoms with van der Waals surface area (Å²) < 4.78 is 11.5. The van der Waals surface area contributed by atoms with Crippen LogP contribution in [0, 0.1) is 10.5 Å². The second-order valence-electron chi connectivity index (χ2n) is 5.08. The number of nitrogens with one attached hydrogen (secondary N) is 1. The zero-order valence-electron chi connectivity index (χ0n) is 13.3. The number of carbonyl (C=O) groups is 2. The lowest BCUT2D eigenvalue weighted by Gasteiger charge is -2.09. The fraction of sp³-hybridized carbons (Fsp3) is 0.222. The van der Waals surface area contributed by atoms with Gasteiger partial charge in [-0.05, 0) is 59.3 Å². The lowest BCUT2D eigenvalue weighted by Crippen LogP contribution is -2.21. The summed E-state index contributed by atoms with van der Waals surface area (Å²) in [6, 6.07) is 14.9. The number of para-hydroxylation sites is 1. The summed E-state index contributed by atoms with van der Waals surface area (Å²) >= 11 is 2.16. The molecular formula is C18H18INO4. The number of hydrogen-bond donors (Lipinski definition) is 1. The first-order valence-corrected chi connectivity index (χ1v) is 8.52. The number of esters is 1. The number of aryl methyl sites for hydroxylation is 1. The summed E-state index contributed by atoms with van der Waals surface area (Å²) in [6.45, 7) is 1.83. The van der Waals surface area contributed by atoms with E-state index in [2.05, 4.69) is 27.9 Å². The average Bonchev–Trinajstić information content (AvgIpc) is 2.55. The second kappa shape index (κ2) is 9.27. The van der Waals surface area contributed by atoms with E-state index >= 15 is 0 Å². The predicted octanol–water partition coefficient (Wildman–Crippen LogP) is 3.55. The highest BCUT2D eigenvalue weighted by atomic mass is 127. The third kappa shape index (κ3) is 6.19. The molecule has 0 aliphatic rings. The third-order valence-corrected chi connectivity index (χ3v) is 3.80. The van der Waals surface area contributed by atoms with Crippen molar-refractivity contribution in [1.82, 2.24) is 0 Å². The molecule has 6 heteroatoms. The molecule has 0 radical (unpaired) electrons. The summed E-state index contributed by atoms with van der Waals surface area (Å²) in [6.07, 6.45) is 0.0881. The molecular weight excluding hydrogens is 421 g/mol. The molecule has 1 amide bonds. The summed E-state index contributed by atoms with van der Waals surface area (Å²) in [5.74, 6) is -0.103. The normalized spacial score (nSPS) is 10.1. The lowest BCUT2D eigenvalue weighted by atomic mass is 10.2. The Morgan fingerprint density at radius 2 is 1.92 bits per heavy atom. The molecule has 0 atom stereocenters. The van der Waals surface area contributed by atoms with Gasteiger partial charge in [0, 0.05) is 9.26 Å². The first kappa shape index (κ1) is 18.3. The Labute approximate surface area is 154 Å². The van der Waals surface area contributed by atoms with Crippen LogP contribution in [-0.4, -0.2) is 25.1 Å². The maximum atomic E-state index is 11.7. The molecule has 0 fully saturated rings. The topological polar surface area (TPSA) is 64.6 Å². The van der Waals surface area contributed by atoms with Gasteiger partial charge in [0.15, 0.2) is 6.61 Å². The van der Waals surface area contributed by atoms with Crippen LogP contribution in [0.5, 0.6) is 5.75 Å². The maximum absolute atomic E-state index is 11.7. The molecule has 0 bridgehead atoms. The minimum absolute atomic E-state index is 0.0881. The van der Waals surface area contributed by atoms with Crippen molar-refractivity contribution in [3.8, 4) is 5.75 Å². The van der Waals surface area contributed by atoms with Gasteiger partial charge in [0.1, 0.15) is 5.75 Å². The molecule has 2 aromatic carbocycles. The van der Waals surface area contributed by atoms with Gasteiger partial charge in [0.05, 0.1) is 13.0 Å². The minimum atomic E-state index is -0.471. The van der Waals surface area contributed by atoms with Crippen molar-refractivity contribution in [2.75, 3.05) is 18.5 Å². The zero-order chi connectivity index (χ0) is 17.4. The van der Waals surface area contributed by atoms with Gasteiger partial charge in [0.25, 0.3) is 5.91 Å². The molecule has 0 heterocycles. The SMILES string of the molecule is Cc1ccccc1OCCC(=O)OCC(=O)Nc1cccc(I)c1. The predicted molar refractivity (Wildman–Crippen MR) is 100 cm³/mol. The molecule has 0 aliphatic carbocycles. The van der Waals surface area contributed by atoms with Crippen molar-refractivity contribution in [2.24, 2.45) is 0 Å². The van der Waals surface area contributed by atoms with E-state index in [0.29, 0.717) is 5.69 Å². The van der Waals surface area contributed by atoms with Gasteiger partial charge in [-0.3, -0.25) is 9.59 Å². The van der Waals surface area contributed by atoms with Crippen LogP contribution in [0.25, 0.3) is 0 Å². The van der Waals surface area contributed by atoms with Gasteiger partial charge < -0.3 is 14.8 Å². The van der Waals surface area contributed by atoms with Crippen molar-refractivity contribution >= 4 is 40.2 Å². The van der Waals surface area contributed by atoms with Gasteiger partial charge in [-0.1, -0.05) is 24.3 Å². The van der Waals surface area contributed by atoms with E-state index in [0.717, 1.165) is 14.9 Å². The molecule has 5 nitrogen and oxygen atoms in total. The van der Waals surface area contributed by atoms with Crippen LogP contribution in [0.4, 0.5) is 5.69 Å². The molecule has 0 aliphatic heterocycles. The summed E-state index contributed by atoms with van der Waals surface area (Å²) in [4.78, 5) is 23.4. The molecule has 24 heavy (non-hydrogen) atoms. The van der Waals surface area contributed by atoms with Gasteiger partial charge in [0.2, 0.25) is 0 Å². The van der Waals surface area contributed by atoms with Gasteiger partial charge in [-0.25, -0.2) is 0 Å². The van der Waals surface area contributed by atoms with E-state index < -0.39 is 5.97 Å². The number of ether oxygens (including phenoxy) is 2. The van der Waals surface area contributed by atoms with Crippen LogP contribution < -0.4 is 10.1 Å². The lowest BCUT2D eigenvalue weighted by molar-refractivity contribution is -0.147. The van der Waals surface area contributed by atoms with E-state index in [1.165, 1.54) is 0 Å². The molecule has 0 aromatic heterocycles. The van der Waals surface area contributed by atoms with Crippen LogP contribution >= 0.6 is 22.6 Å². The second-order valence-corrected chi connectivity index (χ2v) is 6.33. The van der Waals surface area contributed by atoms with Crippen molar-refractivity contribution in [3.05, 3.63) is 57.7 Å². The summed E-state index contributed by atoms with van der Waals surface area (Å²) in [7, 11) is 0. The minimum Gasteiger partial charge on any atom is -0.493 e. The van der Waals surface area contributed by atoms with Crippen molar-refractivity contribution < 1.29 is 19.1 Å². The largest absolute Gasteiger partial charge is 0.493 e. The maximum Gasteiger partial charge on any atom is 0.309 e. The van der Waals surface area contributed by atoms with Crippen molar-refractivity contribution in [1.29, 1.82) is 0 Å². The van der Waals surface area contributed by atoms with Crippen LogP contribution in [0.1, 0.15) is 12.0 Å². The average molecular weight is 439 g/mol. The van der Waals surface area contributed by atoms with E-state index in [-0.39, 0.29) is 25.5 Å². The summed E-state index contributed by atoms with van der Waals surface area (Å²) in [5.41, 5.74) is 1.67. The van der Waals surface area contributed by atoms with Crippen LogP contribution in [0.15, 0.2) is 48.5 Å². The molecule has 126 valence electrons. The van der Waals surface area contributed by atoms with Crippen molar-refractivity contribution in [2.45, 2.75) is 13.3 Å². The number of carbonyl (C=O) groups excluding carboxylic acids is 2. The molecule has 0 unspecified atom stereocenters. The van der Waals surface area contributed by atoms with Crippen LogP contribution in [-0.2, 0) is 14.3 Å². The number of benzene rings is 2. The Morgan fingerprint density at radius 1 is 1.12 bits per heavy atom. The number of amides is 1. The monoisotopic (exact) mass is 439 g/mol. The van der Waals surface area contributed by atoms with Crippen molar-refractivity contribution in [3.63, 3.8) is 0 Å². The highest BCUT2D eigenvalue weighted by Crippen LogP contribution is 2.16. The Bertz CT molecular complexity index is 718. The van der Waals surface area contributed by atoms with E-state index in [9.17, 15) is 9.59 Å². The molecule has 0 saturated heterocycles. The van der Waals surface area contributed by atoms with Crippen LogP contribution in [0.3, 0.4) is 0 Å². The zero-order valence-corrected chi connectivity index (χ0v) is 15.4. The standard InChI is InChI=1S/C18H18INO4/c1-13-5-2-3-8-16(13)23-10-9-18(22)24-12-17(21)20-15-7-4-6-14(19)11-15/h2-8,11H,9-10,12H2,1H3,(H,20,21). The Kier molecular flexibility index (Phi) is 7.05.